The van der Waals surface area contributed by atoms with Gasteiger partial charge in [0.05, 0.1) is 6.61 Å². The Morgan fingerprint density at radius 1 is 1.29 bits per heavy atom. The molecule has 136 valence electrons. The Hall–Kier alpha value is -0.930. The zero-order chi connectivity index (χ0) is 16.3. The lowest BCUT2D eigenvalue weighted by Crippen LogP contribution is -2.43. The van der Waals surface area contributed by atoms with Gasteiger partial charge in [0.1, 0.15) is 0 Å². The van der Waals surface area contributed by atoms with Gasteiger partial charge in [0.2, 0.25) is 0 Å². The highest BCUT2D eigenvalue weighted by Crippen LogP contribution is 2.25. The maximum Gasteiger partial charge on any atom is 0.191 e. The van der Waals surface area contributed by atoms with Gasteiger partial charge in [-0.05, 0) is 25.0 Å². The summed E-state index contributed by atoms with van der Waals surface area (Å²) in [4.78, 5) is 11.1. The molecule has 0 radical (unpaired) electrons. The van der Waals surface area contributed by atoms with Gasteiger partial charge < -0.3 is 15.4 Å². The second kappa shape index (κ2) is 12.4. The first-order chi connectivity index (χ1) is 11.3. The number of guanidine groups is 1. The van der Waals surface area contributed by atoms with Gasteiger partial charge >= 0.3 is 0 Å². The molecule has 1 aromatic heterocycles. The van der Waals surface area contributed by atoms with Crippen molar-refractivity contribution in [1.29, 1.82) is 0 Å². The van der Waals surface area contributed by atoms with E-state index in [0.717, 1.165) is 56.9 Å². The van der Waals surface area contributed by atoms with E-state index < -0.39 is 0 Å². The fourth-order valence-corrected chi connectivity index (χ4v) is 2.52. The molecule has 0 amide bonds. The third-order valence-corrected chi connectivity index (χ3v) is 3.96. The van der Waals surface area contributed by atoms with Crippen molar-refractivity contribution in [2.75, 3.05) is 46.9 Å². The van der Waals surface area contributed by atoms with Crippen molar-refractivity contribution in [3.63, 3.8) is 0 Å². The molecule has 0 aliphatic heterocycles. The van der Waals surface area contributed by atoms with Gasteiger partial charge in [-0.3, -0.25) is 14.9 Å². The van der Waals surface area contributed by atoms with Gasteiger partial charge in [-0.1, -0.05) is 6.07 Å². The number of nitrogens with zero attached hydrogens (tertiary/aromatic N) is 3. The first-order valence-corrected chi connectivity index (χ1v) is 8.41. The van der Waals surface area contributed by atoms with Gasteiger partial charge in [-0.2, -0.15) is 0 Å². The van der Waals surface area contributed by atoms with Crippen molar-refractivity contribution in [1.82, 2.24) is 20.5 Å². The van der Waals surface area contributed by atoms with E-state index in [1.807, 2.05) is 24.4 Å². The molecule has 24 heavy (non-hydrogen) atoms. The van der Waals surface area contributed by atoms with E-state index in [2.05, 4.69) is 25.5 Å². The van der Waals surface area contributed by atoms with Crippen LogP contribution in [0, 0.1) is 0 Å². The molecule has 1 saturated carbocycles. The molecule has 0 saturated heterocycles. The zero-order valence-corrected chi connectivity index (χ0v) is 17.0. The van der Waals surface area contributed by atoms with Crippen LogP contribution in [0.25, 0.3) is 0 Å². The van der Waals surface area contributed by atoms with Gasteiger partial charge in [-0.25, -0.2) is 0 Å². The van der Waals surface area contributed by atoms with Crippen LogP contribution in [-0.2, 0) is 11.2 Å². The van der Waals surface area contributed by atoms with Crippen LogP contribution in [0.1, 0.15) is 18.5 Å². The zero-order valence-electron chi connectivity index (χ0n) is 14.7. The quantitative estimate of drug-likeness (QED) is 0.324. The normalized spacial score (nSPS) is 14.4. The van der Waals surface area contributed by atoms with E-state index in [1.54, 1.807) is 14.2 Å². The minimum atomic E-state index is 0. The second-order valence-electron chi connectivity index (χ2n) is 5.76. The Bertz CT molecular complexity index is 467. The van der Waals surface area contributed by atoms with Crippen molar-refractivity contribution in [2.24, 2.45) is 4.99 Å². The maximum absolute atomic E-state index is 5.19. The van der Waals surface area contributed by atoms with E-state index >= 15 is 0 Å². The first-order valence-electron chi connectivity index (χ1n) is 8.41. The van der Waals surface area contributed by atoms with Crippen molar-refractivity contribution in [2.45, 2.75) is 25.3 Å². The van der Waals surface area contributed by atoms with Gasteiger partial charge in [0.25, 0.3) is 0 Å². The Labute approximate surface area is 162 Å². The van der Waals surface area contributed by atoms with Crippen LogP contribution in [0.5, 0.6) is 0 Å². The molecule has 0 spiro atoms. The van der Waals surface area contributed by atoms with E-state index in [9.17, 15) is 0 Å². The second-order valence-corrected chi connectivity index (χ2v) is 5.76. The van der Waals surface area contributed by atoms with Crippen LogP contribution in [-0.4, -0.2) is 68.8 Å². The third kappa shape index (κ3) is 8.25. The van der Waals surface area contributed by atoms with Crippen LogP contribution < -0.4 is 10.6 Å². The summed E-state index contributed by atoms with van der Waals surface area (Å²) in [6, 6.07) is 6.75. The molecule has 1 aromatic rings. The summed E-state index contributed by atoms with van der Waals surface area (Å²) < 4.78 is 5.19. The number of rotatable bonds is 10. The average Bonchev–Trinajstić information content (AvgIpc) is 3.42. The van der Waals surface area contributed by atoms with Crippen LogP contribution in [0.15, 0.2) is 29.4 Å². The lowest BCUT2D eigenvalue weighted by Gasteiger charge is -2.22. The number of aromatic nitrogens is 1. The summed E-state index contributed by atoms with van der Waals surface area (Å²) in [6.45, 7) is 4.55. The predicted molar refractivity (Wildman–Crippen MR) is 109 cm³/mol. The van der Waals surface area contributed by atoms with Gasteiger partial charge in [0.15, 0.2) is 5.96 Å². The topological polar surface area (TPSA) is 61.8 Å². The molecular formula is C17H30IN5O. The fourth-order valence-electron chi connectivity index (χ4n) is 2.52. The summed E-state index contributed by atoms with van der Waals surface area (Å²) in [5.41, 5.74) is 1.09. The number of pyridine rings is 1. The van der Waals surface area contributed by atoms with Gasteiger partial charge in [0, 0.05) is 64.7 Å². The van der Waals surface area contributed by atoms with Crippen LogP contribution >= 0.6 is 24.0 Å². The van der Waals surface area contributed by atoms with E-state index in [0.29, 0.717) is 0 Å². The number of halogens is 1. The Morgan fingerprint density at radius 2 is 2.08 bits per heavy atom. The third-order valence-electron chi connectivity index (χ3n) is 3.96. The molecule has 7 heteroatoms. The van der Waals surface area contributed by atoms with Crippen molar-refractivity contribution < 1.29 is 4.74 Å². The van der Waals surface area contributed by atoms with Crippen LogP contribution in [0.4, 0.5) is 0 Å². The van der Waals surface area contributed by atoms with Crippen LogP contribution in [0.2, 0.25) is 0 Å². The minimum absolute atomic E-state index is 0. The van der Waals surface area contributed by atoms with Crippen molar-refractivity contribution in [3.8, 4) is 0 Å². The highest BCUT2D eigenvalue weighted by Gasteiger charge is 2.28. The number of ether oxygens (including phenoxy) is 1. The maximum atomic E-state index is 5.19. The molecule has 0 bridgehead atoms. The molecule has 0 atom stereocenters. The molecule has 1 heterocycles. The molecule has 1 aliphatic rings. The molecule has 1 fully saturated rings. The largest absolute Gasteiger partial charge is 0.383 e. The molecule has 0 unspecified atom stereocenters. The number of methoxy groups -OCH3 is 1. The Balaban J connectivity index is 0.00000288. The number of hydrogen-bond acceptors (Lipinski definition) is 4. The smallest absolute Gasteiger partial charge is 0.191 e. The minimum Gasteiger partial charge on any atom is -0.383 e. The van der Waals surface area contributed by atoms with E-state index in [4.69, 9.17) is 4.74 Å². The molecule has 6 nitrogen and oxygen atoms in total. The van der Waals surface area contributed by atoms with Crippen molar-refractivity contribution in [3.05, 3.63) is 30.1 Å². The lowest BCUT2D eigenvalue weighted by atomic mass is 10.3. The number of aliphatic imine (C=N–C) groups is 1. The summed E-state index contributed by atoms with van der Waals surface area (Å²) in [6.07, 6.45) is 5.36. The Kier molecular flexibility index (Phi) is 10.9. The van der Waals surface area contributed by atoms with Gasteiger partial charge in [-0.15, -0.1) is 24.0 Å². The fraction of sp³-hybridized carbons (Fsp3) is 0.647. The molecule has 2 N–H and O–H groups in total. The number of nitrogens with one attached hydrogen (secondary N) is 2. The molecule has 0 aromatic carbocycles. The van der Waals surface area contributed by atoms with Crippen molar-refractivity contribution >= 4 is 29.9 Å². The highest BCUT2D eigenvalue weighted by atomic mass is 127. The molecule has 2 rings (SSSR count). The lowest BCUT2D eigenvalue weighted by molar-refractivity contribution is 0.144. The average molecular weight is 447 g/mol. The summed E-state index contributed by atoms with van der Waals surface area (Å²) >= 11 is 0. The standard InChI is InChI=1S/C17H29N5O.HI/c1-18-17(20-10-8-15-5-3-4-9-19-15)21-11-12-22(13-14-23-2)16-6-7-16;/h3-5,9,16H,6-8,10-14H2,1-2H3,(H2,18,20,21);1H. The van der Waals surface area contributed by atoms with E-state index in [1.165, 1.54) is 12.8 Å². The van der Waals surface area contributed by atoms with E-state index in [-0.39, 0.29) is 24.0 Å². The van der Waals surface area contributed by atoms with Crippen LogP contribution in [0.3, 0.4) is 0 Å². The monoisotopic (exact) mass is 447 g/mol. The Morgan fingerprint density at radius 3 is 2.71 bits per heavy atom. The SMILES string of the molecule is CN=C(NCCc1ccccn1)NCCN(CCOC)C1CC1.I. The molecular weight excluding hydrogens is 417 g/mol. The number of hydrogen-bond donors (Lipinski definition) is 2. The predicted octanol–water partition coefficient (Wildman–Crippen LogP) is 1.52. The highest BCUT2D eigenvalue weighted by molar-refractivity contribution is 14.0. The first kappa shape index (κ1) is 21.1. The summed E-state index contributed by atoms with van der Waals surface area (Å²) in [5, 5.41) is 6.72. The molecule has 1 aliphatic carbocycles. The summed E-state index contributed by atoms with van der Waals surface area (Å²) in [7, 11) is 3.57. The summed E-state index contributed by atoms with van der Waals surface area (Å²) in [5.74, 6) is 0.850.